The van der Waals surface area contributed by atoms with Crippen molar-refractivity contribution in [1.82, 2.24) is 5.32 Å². The zero-order valence-electron chi connectivity index (χ0n) is 30.9. The molecule has 0 saturated carbocycles. The lowest BCUT2D eigenvalue weighted by Gasteiger charge is -2.28. The van der Waals surface area contributed by atoms with E-state index in [2.05, 4.69) is 49.5 Å². The fourth-order valence-electron chi connectivity index (χ4n) is 6.96. The van der Waals surface area contributed by atoms with Crippen LogP contribution in [-0.4, -0.2) is 64.2 Å². The molecule has 2 N–H and O–H groups in total. The molecule has 3 aromatic carbocycles. The number of amides is 1. The molecule has 2 fully saturated rings. The number of nitrogens with one attached hydrogen (secondary N) is 1. The number of nitrogens with zero attached hydrogens (tertiary/aromatic N) is 1. The Balaban J connectivity index is 1.15. The molecule has 51 heavy (non-hydrogen) atoms. The number of methoxy groups -OCH3 is 1. The van der Waals surface area contributed by atoms with Crippen molar-refractivity contribution in [3.8, 4) is 17.2 Å². The maximum absolute atomic E-state index is 13.4. The molecule has 9 heteroatoms. The van der Waals surface area contributed by atoms with Crippen molar-refractivity contribution in [2.45, 2.75) is 90.4 Å². The van der Waals surface area contributed by atoms with Crippen molar-refractivity contribution < 1.29 is 33.6 Å². The molecule has 0 bridgehead atoms. The van der Waals surface area contributed by atoms with Crippen molar-refractivity contribution >= 4 is 11.6 Å². The zero-order valence-corrected chi connectivity index (χ0v) is 30.9. The van der Waals surface area contributed by atoms with Crippen molar-refractivity contribution in [3.63, 3.8) is 0 Å². The SMILES string of the molecule is COc1ccc(C2CCC(=O)N2c2ccc(CO)cc2OCCCOCCCC(C)C)cc1COCCCOc1ccc(C2CCNCC2)cc1. The lowest BCUT2D eigenvalue weighted by atomic mass is 9.90. The van der Waals surface area contributed by atoms with Crippen LogP contribution in [-0.2, 0) is 27.5 Å². The number of hydrogen-bond acceptors (Lipinski definition) is 8. The molecular weight excluding hydrogens is 644 g/mol. The van der Waals surface area contributed by atoms with Crippen LogP contribution >= 0.6 is 0 Å². The molecule has 2 aliphatic rings. The molecule has 0 aliphatic carbocycles. The van der Waals surface area contributed by atoms with E-state index in [0.717, 1.165) is 73.6 Å². The third kappa shape index (κ3) is 11.4. The number of rotatable bonds is 21. The molecule has 2 aliphatic heterocycles. The predicted molar refractivity (Wildman–Crippen MR) is 201 cm³/mol. The van der Waals surface area contributed by atoms with Gasteiger partial charge in [-0.2, -0.15) is 0 Å². The highest BCUT2D eigenvalue weighted by Gasteiger charge is 2.35. The van der Waals surface area contributed by atoms with Crippen molar-refractivity contribution in [2.24, 2.45) is 5.92 Å². The van der Waals surface area contributed by atoms with Gasteiger partial charge >= 0.3 is 0 Å². The Morgan fingerprint density at radius 1 is 0.804 bits per heavy atom. The van der Waals surface area contributed by atoms with Gasteiger partial charge in [0.05, 0.1) is 51.9 Å². The number of aliphatic hydroxyl groups excluding tert-OH is 1. The van der Waals surface area contributed by atoms with Gasteiger partial charge in [-0.3, -0.25) is 4.79 Å². The van der Waals surface area contributed by atoms with Crippen LogP contribution < -0.4 is 24.4 Å². The van der Waals surface area contributed by atoms with Gasteiger partial charge in [0.25, 0.3) is 0 Å². The third-order valence-electron chi connectivity index (χ3n) is 9.78. The molecular formula is C42H58N2O7. The van der Waals surface area contributed by atoms with E-state index in [9.17, 15) is 9.90 Å². The largest absolute Gasteiger partial charge is 0.496 e. The van der Waals surface area contributed by atoms with E-state index in [1.54, 1.807) is 7.11 Å². The molecule has 3 aromatic rings. The Morgan fingerprint density at radius 3 is 2.27 bits per heavy atom. The Kier molecular flexibility index (Phi) is 15.5. The van der Waals surface area contributed by atoms with E-state index in [1.807, 2.05) is 35.2 Å². The topological polar surface area (TPSA) is 98.7 Å². The van der Waals surface area contributed by atoms with Crippen molar-refractivity contribution in [3.05, 3.63) is 82.9 Å². The molecule has 5 rings (SSSR count). The lowest BCUT2D eigenvalue weighted by Crippen LogP contribution is -2.28. The minimum absolute atomic E-state index is 0.0460. The average Bonchev–Trinajstić information content (AvgIpc) is 3.55. The highest BCUT2D eigenvalue weighted by atomic mass is 16.5. The summed E-state index contributed by atoms with van der Waals surface area (Å²) in [7, 11) is 1.66. The van der Waals surface area contributed by atoms with Crippen LogP contribution in [0, 0.1) is 5.92 Å². The zero-order chi connectivity index (χ0) is 35.8. The van der Waals surface area contributed by atoms with Gasteiger partial charge < -0.3 is 39.0 Å². The molecule has 9 nitrogen and oxygen atoms in total. The molecule has 0 radical (unpaired) electrons. The van der Waals surface area contributed by atoms with Gasteiger partial charge in [-0.05, 0) is 110 Å². The van der Waals surface area contributed by atoms with Crippen molar-refractivity contribution in [2.75, 3.05) is 58.1 Å². The highest BCUT2D eigenvalue weighted by molar-refractivity contribution is 5.98. The summed E-state index contributed by atoms with van der Waals surface area (Å²) in [4.78, 5) is 15.2. The standard InChI is InChI=1S/C42H58N2O7/c1-31(2)7-4-22-48-23-5-26-51-41-27-32(29-45)8-14-39(41)44-38(15-17-42(44)46)35-11-16-40(47-3)36(28-35)30-49-24-6-25-50-37-12-9-33(10-13-37)34-18-20-43-21-19-34/h8-14,16,27-28,31,34,38,43,45H,4-7,15,17-26,29-30H2,1-3H3. The number of ether oxygens (including phenoxy) is 5. The summed E-state index contributed by atoms with van der Waals surface area (Å²) in [5, 5.41) is 13.3. The number of anilines is 1. The summed E-state index contributed by atoms with van der Waals surface area (Å²) in [5.74, 6) is 3.60. The fourth-order valence-corrected chi connectivity index (χ4v) is 6.96. The van der Waals surface area contributed by atoms with E-state index in [4.69, 9.17) is 23.7 Å². The van der Waals surface area contributed by atoms with Crippen LogP contribution in [0.15, 0.2) is 60.7 Å². The highest BCUT2D eigenvalue weighted by Crippen LogP contribution is 2.42. The fraction of sp³-hybridized carbons (Fsp3) is 0.548. The number of hydrogen-bond donors (Lipinski definition) is 2. The number of benzene rings is 3. The van der Waals surface area contributed by atoms with Gasteiger partial charge in [0, 0.05) is 38.0 Å². The second-order valence-electron chi connectivity index (χ2n) is 14.0. The Bertz CT molecular complexity index is 1490. The molecule has 0 aromatic heterocycles. The number of aliphatic hydroxyl groups is 1. The summed E-state index contributed by atoms with van der Waals surface area (Å²) in [6.07, 6.45) is 7.22. The average molecular weight is 703 g/mol. The monoisotopic (exact) mass is 702 g/mol. The summed E-state index contributed by atoms with van der Waals surface area (Å²) < 4.78 is 29.8. The number of carbonyl (C=O) groups excluding carboxylic acids is 1. The van der Waals surface area contributed by atoms with Crippen LogP contribution in [0.5, 0.6) is 17.2 Å². The van der Waals surface area contributed by atoms with E-state index >= 15 is 0 Å². The number of carbonyl (C=O) groups is 1. The maximum atomic E-state index is 13.4. The van der Waals surface area contributed by atoms with Crippen LogP contribution in [0.4, 0.5) is 5.69 Å². The van der Waals surface area contributed by atoms with Crippen LogP contribution in [0.1, 0.15) is 99.4 Å². The summed E-state index contributed by atoms with van der Waals surface area (Å²) in [6.45, 7) is 9.86. The van der Waals surface area contributed by atoms with E-state index < -0.39 is 0 Å². The summed E-state index contributed by atoms with van der Waals surface area (Å²) in [6, 6.07) is 20.0. The number of piperidine rings is 1. The minimum atomic E-state index is -0.164. The smallest absolute Gasteiger partial charge is 0.227 e. The molecule has 0 spiro atoms. The Labute approximate surface area is 304 Å². The predicted octanol–water partition coefficient (Wildman–Crippen LogP) is 7.73. The lowest BCUT2D eigenvalue weighted by molar-refractivity contribution is -0.117. The Morgan fingerprint density at radius 2 is 1.53 bits per heavy atom. The van der Waals surface area contributed by atoms with Crippen molar-refractivity contribution in [1.29, 1.82) is 0 Å². The van der Waals surface area contributed by atoms with Crippen LogP contribution in [0.3, 0.4) is 0 Å². The second kappa shape index (κ2) is 20.4. The van der Waals surface area contributed by atoms with Crippen LogP contribution in [0.2, 0.25) is 0 Å². The summed E-state index contributed by atoms with van der Waals surface area (Å²) in [5.41, 5.74) is 4.80. The molecule has 1 atom stereocenters. The molecule has 1 amide bonds. The van der Waals surface area contributed by atoms with Gasteiger partial charge in [-0.25, -0.2) is 0 Å². The van der Waals surface area contributed by atoms with Gasteiger partial charge in [0.2, 0.25) is 5.91 Å². The van der Waals surface area contributed by atoms with Gasteiger partial charge in [-0.15, -0.1) is 0 Å². The first-order valence-electron chi connectivity index (χ1n) is 18.9. The normalized spacial score (nSPS) is 16.6. The van der Waals surface area contributed by atoms with Gasteiger partial charge in [-0.1, -0.05) is 38.1 Å². The molecule has 2 heterocycles. The van der Waals surface area contributed by atoms with Gasteiger partial charge in [0.15, 0.2) is 0 Å². The quantitative estimate of drug-likeness (QED) is 0.109. The van der Waals surface area contributed by atoms with Gasteiger partial charge in [0.1, 0.15) is 17.2 Å². The first-order chi connectivity index (χ1) is 25.0. The summed E-state index contributed by atoms with van der Waals surface area (Å²) >= 11 is 0. The van der Waals surface area contributed by atoms with Crippen LogP contribution in [0.25, 0.3) is 0 Å². The Hall–Kier alpha value is -3.63. The molecule has 278 valence electrons. The third-order valence-corrected chi connectivity index (χ3v) is 9.78. The van der Waals surface area contributed by atoms with E-state index in [1.165, 1.54) is 18.4 Å². The first kappa shape index (κ1) is 38.6. The maximum Gasteiger partial charge on any atom is 0.227 e. The van der Waals surface area contributed by atoms with E-state index in [-0.39, 0.29) is 18.6 Å². The molecule has 2 saturated heterocycles. The van der Waals surface area contributed by atoms with E-state index in [0.29, 0.717) is 69.1 Å². The second-order valence-corrected chi connectivity index (χ2v) is 14.0. The minimum Gasteiger partial charge on any atom is -0.496 e. The first-order valence-corrected chi connectivity index (χ1v) is 18.9. The molecule has 1 unspecified atom stereocenters.